The molecular weight excluding hydrogens is 342 g/mol. The lowest BCUT2D eigenvalue weighted by Gasteiger charge is -2.37. The largest absolute Gasteiger partial charge is 0.334 e. The molecule has 2 unspecified atom stereocenters. The summed E-state index contributed by atoms with van der Waals surface area (Å²) in [6, 6.07) is 6.05. The van der Waals surface area contributed by atoms with Crippen LogP contribution in [0.1, 0.15) is 42.7 Å². The van der Waals surface area contributed by atoms with E-state index in [1.165, 1.54) is 17.8 Å². The molecular formula is C18H22ClN3OS. The third-order valence-corrected chi connectivity index (χ3v) is 5.95. The lowest BCUT2D eigenvalue weighted by Crippen LogP contribution is -2.46. The van der Waals surface area contributed by atoms with Crippen molar-refractivity contribution in [3.05, 3.63) is 39.9 Å². The number of benzene rings is 1. The molecule has 0 radical (unpaired) electrons. The number of halogens is 1. The van der Waals surface area contributed by atoms with E-state index < -0.39 is 0 Å². The van der Waals surface area contributed by atoms with Crippen molar-refractivity contribution in [2.45, 2.75) is 39.7 Å². The van der Waals surface area contributed by atoms with Gasteiger partial charge in [0.15, 0.2) is 5.13 Å². The monoisotopic (exact) mass is 363 g/mol. The fourth-order valence-corrected chi connectivity index (χ4v) is 3.88. The molecule has 128 valence electrons. The van der Waals surface area contributed by atoms with Crippen molar-refractivity contribution >= 4 is 39.7 Å². The maximum atomic E-state index is 12.7. The molecule has 1 amide bonds. The number of carbonyl (C=O) groups excluding carboxylic acids is 1. The molecule has 1 aliphatic rings. The van der Waals surface area contributed by atoms with Crippen LogP contribution < -0.4 is 5.32 Å². The number of aryl methyl sites for hydroxylation is 1. The zero-order valence-electron chi connectivity index (χ0n) is 14.2. The van der Waals surface area contributed by atoms with E-state index in [4.69, 9.17) is 11.6 Å². The van der Waals surface area contributed by atoms with Gasteiger partial charge in [0, 0.05) is 28.7 Å². The van der Waals surface area contributed by atoms with E-state index >= 15 is 0 Å². The van der Waals surface area contributed by atoms with E-state index in [1.54, 1.807) is 0 Å². The molecule has 24 heavy (non-hydrogen) atoms. The molecule has 3 rings (SSSR count). The first-order valence-electron chi connectivity index (χ1n) is 8.25. The van der Waals surface area contributed by atoms with E-state index in [0.29, 0.717) is 21.8 Å². The normalized spacial score (nSPS) is 20.9. The van der Waals surface area contributed by atoms with Crippen LogP contribution in [0.4, 0.5) is 10.8 Å². The van der Waals surface area contributed by atoms with Crippen molar-refractivity contribution in [2.24, 2.45) is 5.92 Å². The lowest BCUT2D eigenvalue weighted by molar-refractivity contribution is 0.0546. The van der Waals surface area contributed by atoms with Gasteiger partial charge in [-0.3, -0.25) is 4.79 Å². The first-order chi connectivity index (χ1) is 11.5. The molecule has 0 aliphatic carbocycles. The summed E-state index contributed by atoms with van der Waals surface area (Å²) in [5.41, 5.74) is 2.42. The van der Waals surface area contributed by atoms with Crippen LogP contribution in [0.25, 0.3) is 0 Å². The predicted octanol–water partition coefficient (Wildman–Crippen LogP) is 5.11. The van der Waals surface area contributed by atoms with E-state index in [2.05, 4.69) is 24.1 Å². The fraction of sp³-hybridized carbons (Fsp3) is 0.444. The van der Waals surface area contributed by atoms with Crippen molar-refractivity contribution in [3.63, 3.8) is 0 Å². The molecule has 2 heterocycles. The van der Waals surface area contributed by atoms with E-state index in [1.807, 2.05) is 35.4 Å². The highest BCUT2D eigenvalue weighted by atomic mass is 35.5. The number of anilines is 2. The molecule has 0 bridgehead atoms. The average Bonchev–Trinajstić information content (AvgIpc) is 3.01. The Morgan fingerprint density at radius 3 is 2.96 bits per heavy atom. The van der Waals surface area contributed by atoms with Gasteiger partial charge in [0.2, 0.25) is 0 Å². The first kappa shape index (κ1) is 17.2. The number of nitrogens with one attached hydrogen (secondary N) is 1. The van der Waals surface area contributed by atoms with Crippen LogP contribution >= 0.6 is 22.9 Å². The van der Waals surface area contributed by atoms with Crippen molar-refractivity contribution in [1.29, 1.82) is 0 Å². The summed E-state index contributed by atoms with van der Waals surface area (Å²) >= 11 is 7.59. The Kier molecular flexibility index (Phi) is 5.11. The molecule has 4 nitrogen and oxygen atoms in total. The number of thiazole rings is 1. The van der Waals surface area contributed by atoms with E-state index in [9.17, 15) is 4.79 Å². The number of hydrogen-bond donors (Lipinski definition) is 1. The number of rotatable bonds is 3. The first-order valence-corrected chi connectivity index (χ1v) is 9.51. The highest BCUT2D eigenvalue weighted by Gasteiger charge is 2.30. The quantitative estimate of drug-likeness (QED) is 0.824. The second-order valence-corrected chi connectivity index (χ2v) is 7.75. The van der Waals surface area contributed by atoms with Crippen molar-refractivity contribution in [2.75, 3.05) is 11.9 Å². The van der Waals surface area contributed by atoms with Crippen molar-refractivity contribution in [3.8, 4) is 0 Å². The summed E-state index contributed by atoms with van der Waals surface area (Å²) < 4.78 is 0. The van der Waals surface area contributed by atoms with Gasteiger partial charge in [-0.05, 0) is 50.3 Å². The third-order valence-electron chi connectivity index (χ3n) is 4.78. The number of likely N-dealkylation sites (tertiary alicyclic amines) is 1. The fourth-order valence-electron chi connectivity index (χ4n) is 2.99. The minimum Gasteiger partial charge on any atom is -0.334 e. The number of amides is 1. The van der Waals surface area contributed by atoms with Gasteiger partial charge >= 0.3 is 0 Å². The second-order valence-electron chi connectivity index (χ2n) is 6.49. The summed E-state index contributed by atoms with van der Waals surface area (Å²) in [6.07, 6.45) is 2.25. The number of nitrogens with zero attached hydrogens (tertiary/aromatic N) is 2. The maximum absolute atomic E-state index is 12.7. The molecule has 1 fully saturated rings. The average molecular weight is 364 g/mol. The van der Waals surface area contributed by atoms with Crippen molar-refractivity contribution in [1.82, 2.24) is 9.88 Å². The van der Waals surface area contributed by atoms with E-state index in [-0.39, 0.29) is 11.9 Å². The van der Waals surface area contributed by atoms with Gasteiger partial charge in [-0.15, -0.1) is 11.3 Å². The van der Waals surface area contributed by atoms with E-state index in [0.717, 1.165) is 24.2 Å². The highest BCUT2D eigenvalue weighted by molar-refractivity contribution is 7.14. The van der Waals surface area contributed by atoms with Crippen LogP contribution in [-0.4, -0.2) is 28.4 Å². The van der Waals surface area contributed by atoms with Crippen LogP contribution in [0.5, 0.6) is 0 Å². The predicted molar refractivity (Wildman–Crippen MR) is 100 cm³/mol. The Labute approximate surface area is 151 Å². The van der Waals surface area contributed by atoms with Gasteiger partial charge in [0.1, 0.15) is 5.69 Å². The Balaban J connectivity index is 1.72. The number of aromatic nitrogens is 1. The topological polar surface area (TPSA) is 45.2 Å². The Morgan fingerprint density at radius 2 is 2.21 bits per heavy atom. The van der Waals surface area contributed by atoms with Gasteiger partial charge in [-0.25, -0.2) is 4.98 Å². The molecule has 6 heteroatoms. The minimum atomic E-state index is 0.0280. The van der Waals surface area contributed by atoms with Gasteiger partial charge in [-0.2, -0.15) is 0 Å². The molecule has 0 spiro atoms. The van der Waals surface area contributed by atoms with Crippen LogP contribution in [0, 0.1) is 12.8 Å². The van der Waals surface area contributed by atoms with Gasteiger partial charge in [0.25, 0.3) is 5.91 Å². The summed E-state index contributed by atoms with van der Waals surface area (Å²) in [5, 5.41) is 6.46. The molecule has 1 aromatic carbocycles. The zero-order chi connectivity index (χ0) is 17.3. The zero-order valence-corrected chi connectivity index (χ0v) is 15.7. The van der Waals surface area contributed by atoms with Crippen LogP contribution in [0.15, 0.2) is 23.6 Å². The minimum absolute atomic E-state index is 0.0280. The molecule has 1 aliphatic heterocycles. The van der Waals surface area contributed by atoms with Gasteiger partial charge in [-0.1, -0.05) is 24.6 Å². The summed E-state index contributed by atoms with van der Waals surface area (Å²) in [5.74, 6) is 0.564. The Bertz CT molecular complexity index is 746. The summed E-state index contributed by atoms with van der Waals surface area (Å²) in [6.45, 7) is 7.12. The smallest absolute Gasteiger partial charge is 0.273 e. The molecule has 1 N–H and O–H groups in total. The number of carbonyl (C=O) groups is 1. The third kappa shape index (κ3) is 3.57. The lowest BCUT2D eigenvalue weighted by atomic mass is 9.92. The summed E-state index contributed by atoms with van der Waals surface area (Å²) in [4.78, 5) is 19.2. The number of hydrogen-bond acceptors (Lipinski definition) is 4. The molecule has 2 atom stereocenters. The molecule has 1 aromatic heterocycles. The van der Waals surface area contributed by atoms with Gasteiger partial charge < -0.3 is 10.2 Å². The van der Waals surface area contributed by atoms with Crippen LogP contribution in [0.2, 0.25) is 5.02 Å². The standard InChI is InChI=1S/C18H22ClN3OS/c1-11-5-4-8-22(13(11)3)17(23)16-10-24-18(21-16)20-14-7-6-12(2)15(19)9-14/h6-7,9-11,13H,4-5,8H2,1-3H3,(H,20,21). The maximum Gasteiger partial charge on any atom is 0.273 e. The Hall–Kier alpha value is -1.59. The second kappa shape index (κ2) is 7.11. The Morgan fingerprint density at radius 1 is 1.42 bits per heavy atom. The van der Waals surface area contributed by atoms with Crippen molar-refractivity contribution < 1.29 is 4.79 Å². The molecule has 1 saturated heterocycles. The SMILES string of the molecule is Cc1ccc(Nc2nc(C(=O)N3CCCC(C)C3C)cs2)cc1Cl. The molecule has 0 saturated carbocycles. The molecule has 2 aromatic rings. The van der Waals surface area contributed by atoms with Crippen LogP contribution in [-0.2, 0) is 0 Å². The summed E-state index contributed by atoms with van der Waals surface area (Å²) in [7, 11) is 0. The highest BCUT2D eigenvalue weighted by Crippen LogP contribution is 2.28. The van der Waals surface area contributed by atoms with Crippen LogP contribution in [0.3, 0.4) is 0 Å². The van der Waals surface area contributed by atoms with Gasteiger partial charge in [0.05, 0.1) is 0 Å². The number of piperidine rings is 1.